The van der Waals surface area contributed by atoms with Crippen molar-refractivity contribution in [2.75, 3.05) is 0 Å². The van der Waals surface area contributed by atoms with Crippen LogP contribution in [0.2, 0.25) is 0 Å². The Morgan fingerprint density at radius 3 is 1.42 bits per heavy atom. The van der Waals surface area contributed by atoms with Crippen LogP contribution in [0.4, 0.5) is 0 Å². The zero-order chi connectivity index (χ0) is 36.6. The second-order valence-corrected chi connectivity index (χ2v) is 13.9. The van der Waals surface area contributed by atoms with E-state index in [1.807, 2.05) is 48.5 Å². The zero-order valence-electron chi connectivity index (χ0n) is 29.5. The lowest BCUT2D eigenvalue weighted by molar-refractivity contribution is 1.15. The van der Waals surface area contributed by atoms with E-state index in [0.29, 0.717) is 11.1 Å². The normalized spacial score (nSPS) is 11.6. The number of nitrogens with zero attached hydrogens (tertiary/aromatic N) is 5. The fraction of sp³-hybridized carbons (Fsp3) is 0. The Balaban J connectivity index is 1.23. The third-order valence-corrected chi connectivity index (χ3v) is 11.1. The summed E-state index contributed by atoms with van der Waals surface area (Å²) in [5.41, 5.74) is 12.2. The van der Waals surface area contributed by atoms with Crippen LogP contribution in [0.15, 0.2) is 176 Å². The van der Waals surface area contributed by atoms with E-state index in [1.54, 1.807) is 0 Å². The first-order valence-corrected chi connectivity index (χ1v) is 18.3. The second kappa shape index (κ2) is 11.8. The summed E-state index contributed by atoms with van der Waals surface area (Å²) in [5.74, 6) is 0. The SMILES string of the molecule is N#Cc1ccc2c3ccccc3n(-c3ccccc3-c3c(C#N)cccc3-n3c4ccccc4c4ccc(-n5c6ccccc6c6ccccc65)cc43)c2c1. The van der Waals surface area contributed by atoms with Crippen LogP contribution in [0, 0.1) is 22.7 Å². The fourth-order valence-corrected chi connectivity index (χ4v) is 8.84. The van der Waals surface area contributed by atoms with Gasteiger partial charge >= 0.3 is 0 Å². The number of rotatable bonds is 4. The van der Waals surface area contributed by atoms with Crippen molar-refractivity contribution >= 4 is 65.4 Å². The van der Waals surface area contributed by atoms with Crippen molar-refractivity contribution in [1.82, 2.24) is 13.7 Å². The second-order valence-electron chi connectivity index (χ2n) is 13.9. The van der Waals surface area contributed by atoms with Gasteiger partial charge in [0.2, 0.25) is 0 Å². The summed E-state index contributed by atoms with van der Waals surface area (Å²) in [7, 11) is 0. The molecule has 3 aromatic heterocycles. The fourth-order valence-electron chi connectivity index (χ4n) is 8.84. The highest BCUT2D eigenvalue weighted by Crippen LogP contribution is 2.43. The standard InChI is InChI=1S/C50H29N5/c51-30-32-24-26-39-37-15-3-8-20-44(37)54(48(39)28-32)46-22-10-5-17-41(46)50-33(31-52)12-11-23-47(50)55-45-21-9-4-16-38(45)40-27-25-34(29-49(40)55)53-42-18-6-1-13-35(42)36-14-2-7-19-43(36)53/h1-29H. The molecule has 5 heteroatoms. The number of para-hydroxylation sites is 5. The molecule has 0 radical (unpaired) electrons. The summed E-state index contributed by atoms with van der Waals surface area (Å²) in [4.78, 5) is 0. The zero-order valence-corrected chi connectivity index (χ0v) is 29.5. The molecule has 0 fully saturated rings. The number of fused-ring (bicyclic) bond motifs is 9. The van der Waals surface area contributed by atoms with E-state index in [1.165, 1.54) is 10.8 Å². The van der Waals surface area contributed by atoms with Crippen molar-refractivity contribution in [3.63, 3.8) is 0 Å². The first-order chi connectivity index (χ1) is 27.2. The molecule has 3 heterocycles. The summed E-state index contributed by atoms with van der Waals surface area (Å²) >= 11 is 0. The van der Waals surface area contributed by atoms with Gasteiger partial charge in [0, 0.05) is 49.1 Å². The highest BCUT2D eigenvalue weighted by atomic mass is 15.0. The molecule has 0 aliphatic rings. The summed E-state index contributed by atoms with van der Waals surface area (Å²) < 4.78 is 6.92. The maximum absolute atomic E-state index is 10.8. The summed E-state index contributed by atoms with van der Waals surface area (Å²) in [6.07, 6.45) is 0. The van der Waals surface area contributed by atoms with E-state index >= 15 is 0 Å². The molecule has 0 spiro atoms. The van der Waals surface area contributed by atoms with Crippen LogP contribution >= 0.6 is 0 Å². The van der Waals surface area contributed by atoms with Gasteiger partial charge in [0.1, 0.15) is 0 Å². The Morgan fingerprint density at radius 1 is 0.345 bits per heavy atom. The number of nitriles is 2. The predicted molar refractivity (Wildman–Crippen MR) is 224 cm³/mol. The van der Waals surface area contributed by atoms with E-state index in [4.69, 9.17) is 0 Å². The molecule has 0 saturated carbocycles. The number of hydrogen-bond acceptors (Lipinski definition) is 2. The van der Waals surface area contributed by atoms with Gasteiger partial charge in [0.15, 0.2) is 0 Å². The third kappa shape index (κ3) is 4.39. The highest BCUT2D eigenvalue weighted by Gasteiger charge is 2.23. The van der Waals surface area contributed by atoms with E-state index in [0.717, 1.165) is 82.8 Å². The average Bonchev–Trinajstić information content (AvgIpc) is 3.88. The molecule has 0 bridgehead atoms. The van der Waals surface area contributed by atoms with E-state index in [9.17, 15) is 10.5 Å². The van der Waals surface area contributed by atoms with E-state index < -0.39 is 0 Å². The molecule has 0 aliphatic carbocycles. The van der Waals surface area contributed by atoms with Gasteiger partial charge in [-0.3, -0.25) is 0 Å². The number of hydrogen-bond donors (Lipinski definition) is 0. The molecule has 55 heavy (non-hydrogen) atoms. The van der Waals surface area contributed by atoms with Gasteiger partial charge in [-0.1, -0.05) is 109 Å². The maximum Gasteiger partial charge on any atom is 0.0998 e. The van der Waals surface area contributed by atoms with Crippen LogP contribution in [0.1, 0.15) is 11.1 Å². The van der Waals surface area contributed by atoms with Crippen molar-refractivity contribution < 1.29 is 0 Å². The Morgan fingerprint density at radius 2 is 0.818 bits per heavy atom. The van der Waals surface area contributed by atoms with Crippen molar-refractivity contribution in [1.29, 1.82) is 10.5 Å². The third-order valence-electron chi connectivity index (χ3n) is 11.1. The Bertz CT molecular complexity index is 3420. The molecule has 0 amide bonds. The van der Waals surface area contributed by atoms with Gasteiger partial charge in [0.05, 0.1) is 67.7 Å². The first kappa shape index (κ1) is 30.7. The van der Waals surface area contributed by atoms with E-state index in [-0.39, 0.29) is 0 Å². The molecule has 5 nitrogen and oxygen atoms in total. The molecule has 11 rings (SSSR count). The van der Waals surface area contributed by atoms with Crippen molar-refractivity contribution in [3.05, 3.63) is 187 Å². The Hall–Kier alpha value is -7.86. The molecular weight excluding hydrogens is 671 g/mol. The van der Waals surface area contributed by atoms with Crippen molar-refractivity contribution in [3.8, 4) is 40.3 Å². The van der Waals surface area contributed by atoms with Gasteiger partial charge in [0.25, 0.3) is 0 Å². The van der Waals surface area contributed by atoms with Gasteiger partial charge in [-0.2, -0.15) is 10.5 Å². The minimum Gasteiger partial charge on any atom is -0.309 e. The van der Waals surface area contributed by atoms with Gasteiger partial charge in [-0.25, -0.2) is 0 Å². The predicted octanol–water partition coefficient (Wildman–Crippen LogP) is 12.4. The first-order valence-electron chi connectivity index (χ1n) is 18.3. The van der Waals surface area contributed by atoms with Crippen LogP contribution in [-0.4, -0.2) is 13.7 Å². The van der Waals surface area contributed by atoms with Crippen LogP contribution in [-0.2, 0) is 0 Å². The Kier molecular flexibility index (Phi) is 6.61. The van der Waals surface area contributed by atoms with Crippen LogP contribution in [0.3, 0.4) is 0 Å². The largest absolute Gasteiger partial charge is 0.309 e. The molecule has 8 aromatic carbocycles. The molecule has 0 aliphatic heterocycles. The highest BCUT2D eigenvalue weighted by molar-refractivity contribution is 6.13. The molecule has 0 unspecified atom stereocenters. The molecular formula is C50H29N5. The molecule has 11 aromatic rings. The van der Waals surface area contributed by atoms with Crippen molar-refractivity contribution in [2.45, 2.75) is 0 Å². The Labute approximate surface area is 316 Å². The monoisotopic (exact) mass is 699 g/mol. The lowest BCUT2D eigenvalue weighted by atomic mass is 9.96. The van der Waals surface area contributed by atoms with Gasteiger partial charge < -0.3 is 13.7 Å². The molecule has 0 N–H and O–H groups in total. The molecule has 254 valence electrons. The smallest absolute Gasteiger partial charge is 0.0998 e. The lowest BCUT2D eigenvalue weighted by Gasteiger charge is -2.19. The minimum atomic E-state index is 0.577. The van der Waals surface area contributed by atoms with Crippen molar-refractivity contribution in [2.24, 2.45) is 0 Å². The molecule has 0 saturated heterocycles. The number of benzene rings is 8. The summed E-state index contributed by atoms with van der Waals surface area (Å²) in [6.45, 7) is 0. The number of aromatic nitrogens is 3. The molecule has 0 atom stereocenters. The topological polar surface area (TPSA) is 62.4 Å². The minimum absolute atomic E-state index is 0.577. The van der Waals surface area contributed by atoms with Crippen LogP contribution < -0.4 is 0 Å². The van der Waals surface area contributed by atoms with Gasteiger partial charge in [-0.15, -0.1) is 0 Å². The quantitative estimate of drug-likeness (QED) is 0.184. The summed E-state index contributed by atoms with van der Waals surface area (Å²) in [5, 5.41) is 27.6. The van der Waals surface area contributed by atoms with E-state index in [2.05, 4.69) is 153 Å². The summed E-state index contributed by atoms with van der Waals surface area (Å²) in [6, 6.07) is 65.9. The average molecular weight is 700 g/mol. The van der Waals surface area contributed by atoms with Crippen LogP contribution in [0.5, 0.6) is 0 Å². The van der Waals surface area contributed by atoms with Crippen LogP contribution in [0.25, 0.3) is 93.6 Å². The maximum atomic E-state index is 10.8. The lowest BCUT2D eigenvalue weighted by Crippen LogP contribution is -2.03. The van der Waals surface area contributed by atoms with Gasteiger partial charge in [-0.05, 0) is 66.7 Å².